The average molecular weight is 358 g/mol. The van der Waals surface area contributed by atoms with E-state index >= 15 is 0 Å². The van der Waals surface area contributed by atoms with Gasteiger partial charge in [0.1, 0.15) is 0 Å². The van der Waals surface area contributed by atoms with Crippen molar-refractivity contribution < 1.29 is 4.79 Å². The number of aromatic nitrogens is 1. The summed E-state index contributed by atoms with van der Waals surface area (Å²) in [4.78, 5) is 18.0. The summed E-state index contributed by atoms with van der Waals surface area (Å²) in [6.45, 7) is 4.55. The molecule has 2 aromatic carbocycles. The van der Waals surface area contributed by atoms with Crippen LogP contribution in [-0.4, -0.2) is 16.9 Å². The summed E-state index contributed by atoms with van der Waals surface area (Å²) in [5, 5.41) is 4.23. The molecule has 0 saturated heterocycles. The Morgan fingerprint density at radius 3 is 2.56 bits per heavy atom. The predicted molar refractivity (Wildman–Crippen MR) is 111 cm³/mol. The van der Waals surface area contributed by atoms with Crippen LogP contribution < -0.4 is 5.32 Å². The van der Waals surface area contributed by atoms with Crippen LogP contribution in [-0.2, 0) is 0 Å². The standard InChI is InChI=1S/C24H26N2O/c1-16-9-8-14-21(17(16)2)26-24(27)20-15-23(18-10-4-3-5-11-18)25-22-13-7-6-12-19(20)22/h3-7,10-13,15-17,21H,8-9,14H2,1-2H3,(H,26,27)/t16-,17+,21+/m1/s1. The second-order valence-electron chi connectivity index (χ2n) is 7.79. The molecule has 1 heterocycles. The molecule has 0 radical (unpaired) electrons. The molecule has 0 spiro atoms. The molecule has 1 fully saturated rings. The van der Waals surface area contributed by atoms with Crippen LogP contribution in [0.2, 0.25) is 0 Å². The summed E-state index contributed by atoms with van der Waals surface area (Å²) < 4.78 is 0. The molecule has 138 valence electrons. The Labute approximate surface area is 160 Å². The van der Waals surface area contributed by atoms with Gasteiger partial charge in [-0.15, -0.1) is 0 Å². The van der Waals surface area contributed by atoms with Crippen LogP contribution in [0.1, 0.15) is 43.5 Å². The van der Waals surface area contributed by atoms with Gasteiger partial charge in [-0.2, -0.15) is 0 Å². The van der Waals surface area contributed by atoms with E-state index in [1.807, 2.05) is 60.7 Å². The summed E-state index contributed by atoms with van der Waals surface area (Å²) in [6, 6.07) is 20.1. The van der Waals surface area contributed by atoms with Crippen LogP contribution in [0.25, 0.3) is 22.2 Å². The number of hydrogen-bond donors (Lipinski definition) is 1. The third-order valence-corrected chi connectivity index (χ3v) is 6.05. The fourth-order valence-corrected chi connectivity index (χ4v) is 4.15. The van der Waals surface area contributed by atoms with Gasteiger partial charge in [-0.1, -0.05) is 75.2 Å². The first-order chi connectivity index (χ1) is 13.1. The van der Waals surface area contributed by atoms with Gasteiger partial charge in [0, 0.05) is 17.0 Å². The van der Waals surface area contributed by atoms with Crippen molar-refractivity contribution >= 4 is 16.8 Å². The number of hydrogen-bond acceptors (Lipinski definition) is 2. The largest absolute Gasteiger partial charge is 0.349 e. The van der Waals surface area contributed by atoms with Crippen molar-refractivity contribution in [1.29, 1.82) is 0 Å². The lowest BCUT2D eigenvalue weighted by atomic mass is 9.78. The Hall–Kier alpha value is -2.68. The monoisotopic (exact) mass is 358 g/mol. The second kappa shape index (κ2) is 7.51. The van der Waals surface area contributed by atoms with E-state index in [0.717, 1.165) is 28.6 Å². The maximum absolute atomic E-state index is 13.2. The highest BCUT2D eigenvalue weighted by Crippen LogP contribution is 2.30. The SMILES string of the molecule is C[C@H]1[C@H](C)CCC[C@@H]1NC(=O)c1cc(-c2ccccc2)nc2ccccc12. The summed E-state index contributed by atoms with van der Waals surface area (Å²) in [6.07, 6.45) is 3.50. The minimum Gasteiger partial charge on any atom is -0.349 e. The van der Waals surface area contributed by atoms with Gasteiger partial charge < -0.3 is 5.32 Å². The zero-order chi connectivity index (χ0) is 18.8. The molecule has 0 unspecified atom stereocenters. The first-order valence-corrected chi connectivity index (χ1v) is 9.89. The van der Waals surface area contributed by atoms with Crippen molar-refractivity contribution in [2.45, 2.75) is 39.2 Å². The predicted octanol–water partition coefficient (Wildman–Crippen LogP) is 5.46. The quantitative estimate of drug-likeness (QED) is 0.676. The molecule has 4 rings (SSSR count). The van der Waals surface area contributed by atoms with E-state index in [1.165, 1.54) is 12.8 Å². The smallest absolute Gasteiger partial charge is 0.252 e. The minimum absolute atomic E-state index is 0.0109. The number of amides is 1. The van der Waals surface area contributed by atoms with Gasteiger partial charge in [-0.25, -0.2) is 4.98 Å². The van der Waals surface area contributed by atoms with Crippen molar-refractivity contribution in [3.05, 3.63) is 66.2 Å². The first kappa shape index (κ1) is 17.7. The highest BCUT2D eigenvalue weighted by molar-refractivity contribution is 6.07. The summed E-state index contributed by atoms with van der Waals surface area (Å²) >= 11 is 0. The molecule has 3 atom stereocenters. The minimum atomic E-state index is 0.0109. The molecular weight excluding hydrogens is 332 g/mol. The van der Waals surface area contributed by atoms with E-state index in [2.05, 4.69) is 19.2 Å². The highest BCUT2D eigenvalue weighted by Gasteiger charge is 2.28. The Bertz CT molecular complexity index is 951. The average Bonchev–Trinajstić information content (AvgIpc) is 2.71. The van der Waals surface area contributed by atoms with E-state index < -0.39 is 0 Å². The van der Waals surface area contributed by atoms with Crippen molar-refractivity contribution in [2.24, 2.45) is 11.8 Å². The number of para-hydroxylation sites is 1. The van der Waals surface area contributed by atoms with E-state index in [9.17, 15) is 4.79 Å². The molecule has 1 aliphatic rings. The summed E-state index contributed by atoms with van der Waals surface area (Å²) in [5.74, 6) is 1.17. The summed E-state index contributed by atoms with van der Waals surface area (Å²) in [5.41, 5.74) is 3.43. The van der Waals surface area contributed by atoms with Gasteiger partial charge in [0.15, 0.2) is 0 Å². The molecule has 3 heteroatoms. The van der Waals surface area contributed by atoms with Crippen LogP contribution in [0.5, 0.6) is 0 Å². The maximum Gasteiger partial charge on any atom is 0.252 e. The van der Waals surface area contributed by atoms with Crippen LogP contribution in [0.4, 0.5) is 0 Å². The Morgan fingerprint density at radius 2 is 1.74 bits per heavy atom. The number of fused-ring (bicyclic) bond motifs is 1. The third kappa shape index (κ3) is 3.59. The molecule has 1 N–H and O–H groups in total. The second-order valence-corrected chi connectivity index (χ2v) is 7.79. The number of benzene rings is 2. The molecule has 3 nitrogen and oxygen atoms in total. The van der Waals surface area contributed by atoms with Gasteiger partial charge in [-0.3, -0.25) is 4.79 Å². The first-order valence-electron chi connectivity index (χ1n) is 9.89. The van der Waals surface area contributed by atoms with E-state index in [-0.39, 0.29) is 11.9 Å². The number of pyridine rings is 1. The number of nitrogens with one attached hydrogen (secondary N) is 1. The molecule has 1 saturated carbocycles. The number of carbonyl (C=O) groups excluding carboxylic acids is 1. The lowest BCUT2D eigenvalue weighted by Crippen LogP contribution is -2.43. The summed E-state index contributed by atoms with van der Waals surface area (Å²) in [7, 11) is 0. The Balaban J connectivity index is 1.72. The van der Waals surface area contributed by atoms with Crippen LogP contribution in [0, 0.1) is 11.8 Å². The van der Waals surface area contributed by atoms with Crippen LogP contribution >= 0.6 is 0 Å². The molecule has 0 aliphatic heterocycles. The van der Waals surface area contributed by atoms with Gasteiger partial charge in [0.05, 0.1) is 16.8 Å². The number of nitrogens with zero attached hydrogens (tertiary/aromatic N) is 1. The van der Waals surface area contributed by atoms with Crippen molar-refractivity contribution in [2.75, 3.05) is 0 Å². The van der Waals surface area contributed by atoms with Crippen molar-refractivity contribution in [1.82, 2.24) is 10.3 Å². The lowest BCUT2D eigenvalue weighted by molar-refractivity contribution is 0.0892. The molecule has 1 aliphatic carbocycles. The molecule has 27 heavy (non-hydrogen) atoms. The van der Waals surface area contributed by atoms with Gasteiger partial charge >= 0.3 is 0 Å². The highest BCUT2D eigenvalue weighted by atomic mass is 16.1. The van der Waals surface area contributed by atoms with E-state index in [1.54, 1.807) is 0 Å². The molecule has 0 bridgehead atoms. The van der Waals surface area contributed by atoms with Crippen LogP contribution in [0.15, 0.2) is 60.7 Å². The fourth-order valence-electron chi connectivity index (χ4n) is 4.15. The molecule has 3 aromatic rings. The van der Waals surface area contributed by atoms with Gasteiger partial charge in [0.2, 0.25) is 0 Å². The van der Waals surface area contributed by atoms with Crippen molar-refractivity contribution in [3.8, 4) is 11.3 Å². The fraction of sp³-hybridized carbons (Fsp3) is 0.333. The van der Waals surface area contributed by atoms with E-state index in [4.69, 9.17) is 4.98 Å². The molecule has 1 aromatic heterocycles. The lowest BCUT2D eigenvalue weighted by Gasteiger charge is -2.34. The Morgan fingerprint density at radius 1 is 1.00 bits per heavy atom. The van der Waals surface area contributed by atoms with Crippen LogP contribution in [0.3, 0.4) is 0 Å². The zero-order valence-electron chi connectivity index (χ0n) is 16.0. The number of rotatable bonds is 3. The van der Waals surface area contributed by atoms with E-state index in [0.29, 0.717) is 17.4 Å². The Kier molecular flexibility index (Phi) is 4.93. The maximum atomic E-state index is 13.2. The topological polar surface area (TPSA) is 42.0 Å². The third-order valence-electron chi connectivity index (χ3n) is 6.05. The van der Waals surface area contributed by atoms with Gasteiger partial charge in [-0.05, 0) is 30.4 Å². The number of carbonyl (C=O) groups is 1. The van der Waals surface area contributed by atoms with Gasteiger partial charge in [0.25, 0.3) is 5.91 Å². The molecular formula is C24H26N2O. The normalized spacial score (nSPS) is 22.5. The van der Waals surface area contributed by atoms with Crippen molar-refractivity contribution in [3.63, 3.8) is 0 Å². The molecule has 1 amide bonds. The zero-order valence-corrected chi connectivity index (χ0v) is 16.0.